The molecule has 1 amide bonds. The first-order chi connectivity index (χ1) is 13.3. The lowest BCUT2D eigenvalue weighted by molar-refractivity contribution is -0.115. The molecule has 144 valence electrons. The Balaban J connectivity index is 1.68. The molecule has 0 aliphatic heterocycles. The molecule has 1 unspecified atom stereocenters. The van der Waals surface area contributed by atoms with Crippen LogP contribution in [0.1, 0.15) is 24.2 Å². The third-order valence-corrected chi connectivity index (χ3v) is 5.25. The van der Waals surface area contributed by atoms with Crippen LogP contribution in [-0.4, -0.2) is 31.8 Å². The van der Waals surface area contributed by atoms with Gasteiger partial charge in [0.25, 0.3) is 0 Å². The number of rotatable bonds is 6. The number of ketones is 1. The van der Waals surface area contributed by atoms with Crippen LogP contribution in [0, 0.1) is 0 Å². The molecule has 3 rings (SSSR count). The van der Waals surface area contributed by atoms with Crippen LogP contribution in [0.15, 0.2) is 53.7 Å². The molecule has 9 heteroatoms. The summed E-state index contributed by atoms with van der Waals surface area (Å²) in [6.45, 7) is 3.24. The molecule has 7 nitrogen and oxygen atoms in total. The zero-order chi connectivity index (χ0) is 20.3. The minimum Gasteiger partial charge on any atom is -0.335 e. The van der Waals surface area contributed by atoms with E-state index in [2.05, 4.69) is 15.5 Å². The van der Waals surface area contributed by atoms with E-state index in [-0.39, 0.29) is 11.7 Å². The molecule has 0 spiro atoms. The number of Topliss-reactive ketones (excluding diaryl/α,β-unsaturated/α-hetero) is 1. The van der Waals surface area contributed by atoms with Gasteiger partial charge in [0.15, 0.2) is 11.6 Å². The van der Waals surface area contributed by atoms with E-state index in [9.17, 15) is 9.59 Å². The fourth-order valence-corrected chi connectivity index (χ4v) is 3.39. The van der Waals surface area contributed by atoms with E-state index >= 15 is 0 Å². The summed E-state index contributed by atoms with van der Waals surface area (Å²) in [4.78, 5) is 23.8. The summed E-state index contributed by atoms with van der Waals surface area (Å²) in [6, 6.07) is 13.8. The van der Waals surface area contributed by atoms with Crippen molar-refractivity contribution in [1.29, 1.82) is 0 Å². The van der Waals surface area contributed by atoms with Crippen molar-refractivity contribution in [3.63, 3.8) is 0 Å². The number of nitrogens with zero attached hydrogens (tertiary/aromatic N) is 3. The molecule has 0 saturated heterocycles. The third-order valence-electron chi connectivity index (χ3n) is 3.96. The largest absolute Gasteiger partial charge is 0.335 e. The first-order valence-electron chi connectivity index (χ1n) is 8.40. The van der Waals surface area contributed by atoms with Crippen LogP contribution in [-0.2, 0) is 4.79 Å². The number of nitrogens with two attached hydrogens (primary N) is 1. The second-order valence-electron chi connectivity index (χ2n) is 6.07. The van der Waals surface area contributed by atoms with Crippen molar-refractivity contribution in [2.75, 3.05) is 11.2 Å². The molecule has 0 fully saturated rings. The van der Waals surface area contributed by atoms with Gasteiger partial charge in [-0.3, -0.25) is 9.59 Å². The lowest BCUT2D eigenvalue weighted by Crippen LogP contribution is -2.23. The molecule has 0 bridgehead atoms. The molecule has 0 aliphatic carbocycles. The van der Waals surface area contributed by atoms with Gasteiger partial charge in [-0.15, -0.1) is 10.2 Å². The molecule has 1 atom stereocenters. The Morgan fingerprint density at radius 2 is 1.89 bits per heavy atom. The van der Waals surface area contributed by atoms with Gasteiger partial charge in [-0.2, -0.15) is 0 Å². The van der Waals surface area contributed by atoms with E-state index in [4.69, 9.17) is 17.4 Å². The number of halogens is 1. The van der Waals surface area contributed by atoms with Gasteiger partial charge < -0.3 is 11.2 Å². The van der Waals surface area contributed by atoms with Crippen molar-refractivity contribution in [2.45, 2.75) is 24.3 Å². The predicted octanol–water partition coefficient (Wildman–Crippen LogP) is 3.63. The molecule has 2 aromatic carbocycles. The lowest BCUT2D eigenvalue weighted by Gasteiger charge is -2.12. The van der Waals surface area contributed by atoms with Gasteiger partial charge in [-0.1, -0.05) is 35.5 Å². The number of benzene rings is 2. The SMILES string of the molecule is CC(=O)c1ccc(NC(=O)C(C)Sc2nnc(-c3cccc(Cl)c3)n2N)cc1. The van der Waals surface area contributed by atoms with Crippen molar-refractivity contribution >= 4 is 40.7 Å². The molecule has 1 aromatic heterocycles. The van der Waals surface area contributed by atoms with Crippen LogP contribution >= 0.6 is 23.4 Å². The van der Waals surface area contributed by atoms with Crippen LogP contribution < -0.4 is 11.2 Å². The molecular formula is C19H18ClN5O2S. The standard InChI is InChI=1S/C19H18ClN5O2S/c1-11(26)13-6-8-16(9-7-13)22-18(27)12(2)28-19-24-23-17(25(19)21)14-4-3-5-15(20)10-14/h3-10,12H,21H2,1-2H3,(H,22,27). The van der Waals surface area contributed by atoms with Crippen LogP contribution in [0.4, 0.5) is 5.69 Å². The number of nitrogens with one attached hydrogen (secondary N) is 1. The summed E-state index contributed by atoms with van der Waals surface area (Å²) in [7, 11) is 0. The second-order valence-corrected chi connectivity index (χ2v) is 7.81. The minimum absolute atomic E-state index is 0.0282. The summed E-state index contributed by atoms with van der Waals surface area (Å²) >= 11 is 7.20. The third kappa shape index (κ3) is 4.52. The van der Waals surface area contributed by atoms with Crippen molar-refractivity contribution in [1.82, 2.24) is 14.9 Å². The van der Waals surface area contributed by atoms with Crippen molar-refractivity contribution < 1.29 is 9.59 Å². The summed E-state index contributed by atoms with van der Waals surface area (Å²) in [5, 5.41) is 11.5. The number of carbonyl (C=O) groups excluding carboxylic acids is 2. The Morgan fingerprint density at radius 3 is 2.54 bits per heavy atom. The van der Waals surface area contributed by atoms with Gasteiger partial charge in [0.1, 0.15) is 0 Å². The quantitative estimate of drug-likeness (QED) is 0.362. The van der Waals surface area contributed by atoms with Crippen molar-refractivity contribution in [3.8, 4) is 11.4 Å². The van der Waals surface area contributed by atoms with Crippen LogP contribution in [0.5, 0.6) is 0 Å². The highest BCUT2D eigenvalue weighted by Crippen LogP contribution is 2.26. The van der Waals surface area contributed by atoms with Crippen molar-refractivity contribution in [2.24, 2.45) is 0 Å². The number of nitrogen functional groups attached to an aromatic ring is 1. The topological polar surface area (TPSA) is 103 Å². The molecule has 1 heterocycles. The summed E-state index contributed by atoms with van der Waals surface area (Å²) < 4.78 is 1.34. The van der Waals surface area contributed by atoms with Crippen LogP contribution in [0.2, 0.25) is 5.02 Å². The zero-order valence-corrected chi connectivity index (χ0v) is 16.8. The average molecular weight is 416 g/mol. The van der Waals surface area contributed by atoms with Gasteiger partial charge in [-0.05, 0) is 50.2 Å². The molecule has 3 aromatic rings. The summed E-state index contributed by atoms with van der Waals surface area (Å²) in [5.74, 6) is 6.31. The van der Waals surface area contributed by atoms with E-state index in [1.54, 1.807) is 49.4 Å². The highest BCUT2D eigenvalue weighted by molar-refractivity contribution is 8.00. The zero-order valence-electron chi connectivity index (χ0n) is 15.2. The Hall–Kier alpha value is -2.84. The maximum absolute atomic E-state index is 12.5. The lowest BCUT2D eigenvalue weighted by atomic mass is 10.1. The predicted molar refractivity (Wildman–Crippen MR) is 111 cm³/mol. The normalized spacial score (nSPS) is 11.8. The van der Waals surface area contributed by atoms with E-state index in [0.717, 1.165) is 5.56 Å². The van der Waals surface area contributed by atoms with E-state index < -0.39 is 5.25 Å². The van der Waals surface area contributed by atoms with Gasteiger partial charge in [0, 0.05) is 21.8 Å². The number of anilines is 1. The highest BCUT2D eigenvalue weighted by atomic mass is 35.5. The number of aromatic nitrogens is 3. The first-order valence-corrected chi connectivity index (χ1v) is 9.66. The van der Waals surface area contributed by atoms with E-state index in [1.165, 1.54) is 23.4 Å². The number of thioether (sulfide) groups is 1. The molecule has 0 aliphatic rings. The Kier molecular flexibility index (Phi) is 6.01. The van der Waals surface area contributed by atoms with Gasteiger partial charge in [-0.25, -0.2) is 4.68 Å². The summed E-state index contributed by atoms with van der Waals surface area (Å²) in [6.07, 6.45) is 0. The maximum Gasteiger partial charge on any atom is 0.237 e. The Bertz CT molecular complexity index is 1020. The Labute approximate surface area is 171 Å². The number of carbonyl (C=O) groups is 2. The van der Waals surface area contributed by atoms with Gasteiger partial charge in [0.2, 0.25) is 11.1 Å². The molecular weight excluding hydrogens is 398 g/mol. The fourth-order valence-electron chi connectivity index (χ4n) is 2.43. The van der Waals surface area contributed by atoms with Gasteiger partial charge >= 0.3 is 0 Å². The van der Waals surface area contributed by atoms with Crippen LogP contribution in [0.25, 0.3) is 11.4 Å². The number of hydrogen-bond donors (Lipinski definition) is 2. The first kappa shape index (κ1) is 19.9. The molecule has 28 heavy (non-hydrogen) atoms. The van der Waals surface area contributed by atoms with Crippen LogP contribution in [0.3, 0.4) is 0 Å². The van der Waals surface area contributed by atoms with Gasteiger partial charge in [0.05, 0.1) is 5.25 Å². The fraction of sp³-hybridized carbons (Fsp3) is 0.158. The highest BCUT2D eigenvalue weighted by Gasteiger charge is 2.20. The smallest absolute Gasteiger partial charge is 0.237 e. The number of hydrogen-bond acceptors (Lipinski definition) is 6. The molecule has 0 saturated carbocycles. The average Bonchev–Trinajstić information content (AvgIpc) is 3.02. The minimum atomic E-state index is -0.466. The summed E-state index contributed by atoms with van der Waals surface area (Å²) in [5.41, 5.74) is 1.93. The van der Waals surface area contributed by atoms with E-state index in [0.29, 0.717) is 27.3 Å². The molecule has 0 radical (unpaired) electrons. The number of amides is 1. The van der Waals surface area contributed by atoms with E-state index in [1.807, 2.05) is 6.07 Å². The Morgan fingerprint density at radius 1 is 1.18 bits per heavy atom. The van der Waals surface area contributed by atoms with Crippen molar-refractivity contribution in [3.05, 3.63) is 59.1 Å². The monoisotopic (exact) mass is 415 g/mol. The maximum atomic E-state index is 12.5. The molecule has 3 N–H and O–H groups in total. The second kappa shape index (κ2) is 8.45.